The van der Waals surface area contributed by atoms with Crippen LogP contribution in [0.5, 0.6) is 5.75 Å². The maximum atomic E-state index is 12.0. The van der Waals surface area contributed by atoms with Gasteiger partial charge in [-0.3, -0.25) is 0 Å². The molecule has 0 aromatic heterocycles. The van der Waals surface area contributed by atoms with Gasteiger partial charge in [-0.1, -0.05) is 12.1 Å². The zero-order valence-corrected chi connectivity index (χ0v) is 10.7. The molecular formula is C13H16F3NO3. The highest BCUT2D eigenvalue weighted by Crippen LogP contribution is 2.23. The lowest BCUT2D eigenvalue weighted by Gasteiger charge is -2.16. The first-order valence-electron chi connectivity index (χ1n) is 6.26. The predicted octanol–water partition coefficient (Wildman–Crippen LogP) is 2.22. The Bertz CT molecular complexity index is 416. The van der Waals surface area contributed by atoms with Crippen LogP contribution in [-0.2, 0) is 15.9 Å². The fraction of sp³-hybridized carbons (Fsp3) is 0.538. The summed E-state index contributed by atoms with van der Waals surface area (Å²) in [6, 6.07) is 5.51. The molecule has 0 spiro atoms. The van der Waals surface area contributed by atoms with E-state index in [4.69, 9.17) is 15.2 Å². The fourth-order valence-corrected chi connectivity index (χ4v) is 2.00. The highest BCUT2D eigenvalue weighted by Gasteiger charge is 2.31. The number of ether oxygens (including phenoxy) is 3. The molecule has 2 rings (SSSR count). The molecule has 2 N–H and O–H groups in total. The Morgan fingerprint density at radius 3 is 2.35 bits per heavy atom. The molecule has 0 amide bonds. The van der Waals surface area contributed by atoms with Crippen molar-refractivity contribution in [3.8, 4) is 5.75 Å². The van der Waals surface area contributed by atoms with E-state index in [2.05, 4.69) is 4.74 Å². The van der Waals surface area contributed by atoms with Gasteiger partial charge in [0.25, 0.3) is 0 Å². The van der Waals surface area contributed by atoms with E-state index in [0.717, 1.165) is 5.56 Å². The molecule has 1 heterocycles. The van der Waals surface area contributed by atoms with Crippen LogP contribution >= 0.6 is 0 Å². The third kappa shape index (κ3) is 4.99. The maximum absolute atomic E-state index is 12.0. The molecule has 20 heavy (non-hydrogen) atoms. The summed E-state index contributed by atoms with van der Waals surface area (Å²) in [7, 11) is 0. The van der Waals surface area contributed by atoms with Crippen LogP contribution in [0.3, 0.4) is 0 Å². The molecule has 1 aromatic rings. The summed E-state index contributed by atoms with van der Waals surface area (Å²) in [6.07, 6.45) is -3.86. The molecule has 1 unspecified atom stereocenters. The fourth-order valence-electron chi connectivity index (χ4n) is 2.00. The molecule has 1 aliphatic heterocycles. The van der Waals surface area contributed by atoms with E-state index in [1.807, 2.05) is 0 Å². The molecule has 4 nitrogen and oxygen atoms in total. The minimum absolute atomic E-state index is 0.174. The molecule has 1 saturated heterocycles. The zero-order valence-electron chi connectivity index (χ0n) is 10.7. The summed E-state index contributed by atoms with van der Waals surface area (Å²) in [5.74, 6) is -0.239. The number of benzene rings is 1. The van der Waals surface area contributed by atoms with Gasteiger partial charge < -0.3 is 19.9 Å². The first-order valence-corrected chi connectivity index (χ1v) is 6.26. The van der Waals surface area contributed by atoms with E-state index in [-0.39, 0.29) is 18.1 Å². The zero-order chi connectivity index (χ0) is 14.6. The van der Waals surface area contributed by atoms with Crippen molar-refractivity contribution in [3.05, 3.63) is 29.8 Å². The Balaban J connectivity index is 1.83. The van der Waals surface area contributed by atoms with Gasteiger partial charge in [0.05, 0.1) is 13.2 Å². The van der Waals surface area contributed by atoms with Gasteiger partial charge in [0, 0.05) is 12.5 Å². The molecular weight excluding hydrogens is 275 g/mol. The number of hydrogen-bond acceptors (Lipinski definition) is 4. The van der Waals surface area contributed by atoms with Crippen molar-refractivity contribution in [2.45, 2.75) is 31.5 Å². The summed E-state index contributed by atoms with van der Waals surface area (Å²) in [6.45, 7) is 1.14. The van der Waals surface area contributed by atoms with Crippen molar-refractivity contribution in [1.29, 1.82) is 0 Å². The molecule has 1 aliphatic rings. The Morgan fingerprint density at radius 1 is 1.20 bits per heavy atom. The van der Waals surface area contributed by atoms with Crippen LogP contribution in [0.4, 0.5) is 13.2 Å². The van der Waals surface area contributed by atoms with Crippen molar-refractivity contribution in [2.24, 2.45) is 5.73 Å². The maximum Gasteiger partial charge on any atom is 0.573 e. The Labute approximate surface area is 114 Å². The van der Waals surface area contributed by atoms with Crippen LogP contribution in [0.1, 0.15) is 12.0 Å². The van der Waals surface area contributed by atoms with Gasteiger partial charge in [-0.2, -0.15) is 0 Å². The summed E-state index contributed by atoms with van der Waals surface area (Å²) in [4.78, 5) is 0. The molecule has 0 aliphatic carbocycles. The number of alkyl halides is 3. The van der Waals surface area contributed by atoms with Crippen molar-refractivity contribution in [1.82, 2.24) is 0 Å². The van der Waals surface area contributed by atoms with Crippen molar-refractivity contribution in [3.63, 3.8) is 0 Å². The monoisotopic (exact) mass is 291 g/mol. The molecule has 7 heteroatoms. The van der Waals surface area contributed by atoms with E-state index >= 15 is 0 Å². The Kier molecular flexibility index (Phi) is 4.85. The second kappa shape index (κ2) is 6.43. The van der Waals surface area contributed by atoms with E-state index in [9.17, 15) is 13.2 Å². The molecule has 0 saturated carbocycles. The summed E-state index contributed by atoms with van der Waals surface area (Å²) in [5, 5.41) is 0. The van der Waals surface area contributed by atoms with Crippen LogP contribution in [0.15, 0.2) is 24.3 Å². The second-order valence-corrected chi connectivity index (χ2v) is 4.56. The lowest BCUT2D eigenvalue weighted by molar-refractivity contribution is -0.274. The number of nitrogens with two attached hydrogens (primary N) is 1. The standard InChI is InChI=1S/C13H16F3NO3/c14-13(15,16)20-11-3-1-9(2-4-11)7-10(17)8-12-18-5-6-19-12/h1-4,10,12H,5-8,17H2. The van der Waals surface area contributed by atoms with Gasteiger partial charge in [0.15, 0.2) is 6.29 Å². The Hall–Kier alpha value is -1.31. The normalized spacial score (nSPS) is 18.2. The van der Waals surface area contributed by atoms with Crippen LogP contribution < -0.4 is 10.5 Å². The number of rotatable bonds is 5. The summed E-state index contributed by atoms with van der Waals surface area (Å²) < 4.78 is 50.4. The van der Waals surface area contributed by atoms with Crippen molar-refractivity contribution < 1.29 is 27.4 Å². The topological polar surface area (TPSA) is 53.7 Å². The van der Waals surface area contributed by atoms with Crippen LogP contribution in [0, 0.1) is 0 Å². The number of halogens is 3. The highest BCUT2D eigenvalue weighted by atomic mass is 19.4. The molecule has 1 atom stereocenters. The average molecular weight is 291 g/mol. The smallest absolute Gasteiger partial charge is 0.406 e. The Morgan fingerprint density at radius 2 is 1.80 bits per heavy atom. The first kappa shape index (κ1) is 15.1. The third-order valence-electron chi connectivity index (χ3n) is 2.84. The third-order valence-corrected chi connectivity index (χ3v) is 2.84. The summed E-state index contributed by atoms with van der Waals surface area (Å²) in [5.41, 5.74) is 6.79. The SMILES string of the molecule is NC(Cc1ccc(OC(F)(F)F)cc1)CC1OCCO1. The minimum atomic E-state index is -4.67. The number of hydrogen-bond donors (Lipinski definition) is 1. The highest BCUT2D eigenvalue weighted by molar-refractivity contribution is 5.27. The van der Waals surface area contributed by atoms with Gasteiger partial charge in [-0.15, -0.1) is 13.2 Å². The van der Waals surface area contributed by atoms with Gasteiger partial charge in [0.1, 0.15) is 5.75 Å². The quantitative estimate of drug-likeness (QED) is 0.903. The average Bonchev–Trinajstić information content (AvgIpc) is 2.82. The van der Waals surface area contributed by atoms with E-state index in [0.29, 0.717) is 26.1 Å². The molecule has 1 fully saturated rings. The minimum Gasteiger partial charge on any atom is -0.406 e. The van der Waals surface area contributed by atoms with Gasteiger partial charge >= 0.3 is 6.36 Å². The molecule has 0 radical (unpaired) electrons. The predicted molar refractivity (Wildman–Crippen MR) is 65.1 cm³/mol. The van der Waals surface area contributed by atoms with Gasteiger partial charge in [0.2, 0.25) is 0 Å². The lowest BCUT2D eigenvalue weighted by atomic mass is 10.0. The second-order valence-electron chi connectivity index (χ2n) is 4.56. The van der Waals surface area contributed by atoms with Gasteiger partial charge in [-0.05, 0) is 24.1 Å². The van der Waals surface area contributed by atoms with E-state index in [1.54, 1.807) is 12.1 Å². The van der Waals surface area contributed by atoms with E-state index in [1.165, 1.54) is 12.1 Å². The molecule has 0 bridgehead atoms. The molecule has 112 valence electrons. The largest absolute Gasteiger partial charge is 0.573 e. The van der Waals surface area contributed by atoms with Crippen molar-refractivity contribution >= 4 is 0 Å². The lowest BCUT2D eigenvalue weighted by Crippen LogP contribution is -2.28. The van der Waals surface area contributed by atoms with Crippen LogP contribution in [0.25, 0.3) is 0 Å². The molecule has 1 aromatic carbocycles. The van der Waals surface area contributed by atoms with Crippen LogP contribution in [0.2, 0.25) is 0 Å². The van der Waals surface area contributed by atoms with E-state index < -0.39 is 6.36 Å². The van der Waals surface area contributed by atoms with Crippen LogP contribution in [-0.4, -0.2) is 31.9 Å². The van der Waals surface area contributed by atoms with Crippen molar-refractivity contribution in [2.75, 3.05) is 13.2 Å². The first-order chi connectivity index (χ1) is 9.42. The summed E-state index contributed by atoms with van der Waals surface area (Å²) >= 11 is 0. The van der Waals surface area contributed by atoms with Gasteiger partial charge in [-0.25, -0.2) is 0 Å².